The number of anilines is 3. The fraction of sp³-hybridized carbons (Fsp3) is 0.208. The van der Waals surface area contributed by atoms with Gasteiger partial charge >= 0.3 is 0 Å². The van der Waals surface area contributed by atoms with Gasteiger partial charge in [-0.25, -0.2) is 17.2 Å². The van der Waals surface area contributed by atoms with Crippen molar-refractivity contribution in [3.05, 3.63) is 77.9 Å². The Bertz CT molecular complexity index is 1330. The second-order valence-electron chi connectivity index (χ2n) is 7.77. The Morgan fingerprint density at radius 3 is 2.41 bits per heavy atom. The summed E-state index contributed by atoms with van der Waals surface area (Å²) in [6.07, 6.45) is 1.88. The molecule has 1 saturated heterocycles. The molecule has 3 aromatic carbocycles. The van der Waals surface area contributed by atoms with E-state index in [0.717, 1.165) is 31.0 Å². The van der Waals surface area contributed by atoms with Crippen molar-refractivity contribution in [3.63, 3.8) is 0 Å². The highest BCUT2D eigenvalue weighted by Crippen LogP contribution is 2.34. The Labute approximate surface area is 196 Å². The highest BCUT2D eigenvalue weighted by atomic mass is 32.2. The van der Waals surface area contributed by atoms with Crippen molar-refractivity contribution in [1.82, 2.24) is 0 Å². The van der Waals surface area contributed by atoms with Crippen molar-refractivity contribution in [2.45, 2.75) is 17.7 Å². The van der Waals surface area contributed by atoms with Crippen LogP contribution in [0.4, 0.5) is 25.8 Å². The topological polar surface area (TPSA) is 87.7 Å². The third-order valence-electron chi connectivity index (χ3n) is 5.49. The molecule has 34 heavy (non-hydrogen) atoms. The van der Waals surface area contributed by atoms with Gasteiger partial charge in [-0.3, -0.25) is 9.52 Å². The van der Waals surface area contributed by atoms with Gasteiger partial charge in [-0.05, 0) is 61.4 Å². The summed E-state index contributed by atoms with van der Waals surface area (Å²) in [7, 11) is -2.64. The summed E-state index contributed by atoms with van der Waals surface area (Å²) < 4.78 is 61.4. The molecule has 4 rings (SSSR count). The zero-order valence-corrected chi connectivity index (χ0v) is 19.2. The smallest absolute Gasteiger partial charge is 0.264 e. The van der Waals surface area contributed by atoms with Gasteiger partial charge in [-0.1, -0.05) is 12.1 Å². The molecule has 0 aromatic heterocycles. The summed E-state index contributed by atoms with van der Waals surface area (Å²) in [5.41, 5.74) is 0.872. The molecular weight excluding hydrogens is 464 g/mol. The first-order valence-corrected chi connectivity index (χ1v) is 12.1. The Morgan fingerprint density at radius 1 is 0.971 bits per heavy atom. The monoisotopic (exact) mass is 487 g/mol. The summed E-state index contributed by atoms with van der Waals surface area (Å²) in [5, 5.41) is 2.56. The molecule has 1 fully saturated rings. The van der Waals surface area contributed by atoms with Gasteiger partial charge in [0.2, 0.25) is 0 Å². The molecule has 0 saturated carbocycles. The maximum atomic E-state index is 13.5. The number of hydrogen-bond acceptors (Lipinski definition) is 5. The number of nitrogens with zero attached hydrogens (tertiary/aromatic N) is 1. The van der Waals surface area contributed by atoms with E-state index in [2.05, 4.69) is 10.0 Å². The summed E-state index contributed by atoms with van der Waals surface area (Å²) in [6, 6.07) is 14.0. The summed E-state index contributed by atoms with van der Waals surface area (Å²) in [4.78, 5) is 14.5. The molecule has 3 aromatic rings. The molecule has 178 valence electrons. The lowest BCUT2D eigenvalue weighted by atomic mass is 10.2. The molecular formula is C24H23F2N3O4S. The summed E-state index contributed by atoms with van der Waals surface area (Å²) in [6.45, 7) is 1.41. The summed E-state index contributed by atoms with van der Waals surface area (Å²) >= 11 is 0. The third kappa shape index (κ3) is 4.96. The second-order valence-corrected chi connectivity index (χ2v) is 9.42. The Morgan fingerprint density at radius 2 is 1.71 bits per heavy atom. The van der Waals surface area contributed by atoms with Crippen LogP contribution < -0.4 is 19.7 Å². The highest BCUT2D eigenvalue weighted by molar-refractivity contribution is 7.93. The number of ether oxygens (including phenoxy) is 1. The molecule has 0 spiro atoms. The maximum absolute atomic E-state index is 13.5. The van der Waals surface area contributed by atoms with Crippen LogP contribution in [0.1, 0.15) is 23.2 Å². The fourth-order valence-corrected chi connectivity index (χ4v) is 5.12. The number of amides is 1. The van der Waals surface area contributed by atoms with E-state index in [1.54, 1.807) is 36.4 Å². The minimum atomic E-state index is -4.08. The molecule has 1 heterocycles. The first-order valence-electron chi connectivity index (χ1n) is 10.6. The maximum Gasteiger partial charge on any atom is 0.264 e. The van der Waals surface area contributed by atoms with Crippen LogP contribution in [-0.2, 0) is 10.0 Å². The lowest BCUT2D eigenvalue weighted by Crippen LogP contribution is -2.23. The van der Waals surface area contributed by atoms with Crippen LogP contribution in [0.25, 0.3) is 0 Å². The minimum absolute atomic E-state index is 0.0246. The predicted molar refractivity (Wildman–Crippen MR) is 126 cm³/mol. The van der Waals surface area contributed by atoms with Crippen LogP contribution in [0.5, 0.6) is 5.75 Å². The van der Waals surface area contributed by atoms with E-state index >= 15 is 0 Å². The Balaban J connectivity index is 1.69. The van der Waals surface area contributed by atoms with Gasteiger partial charge in [0.1, 0.15) is 10.6 Å². The molecule has 0 bridgehead atoms. The number of nitrogens with one attached hydrogen (secondary N) is 2. The van der Waals surface area contributed by atoms with Crippen molar-refractivity contribution < 1.29 is 26.7 Å². The molecule has 2 N–H and O–H groups in total. The molecule has 0 aliphatic carbocycles. The van der Waals surface area contributed by atoms with Gasteiger partial charge in [0, 0.05) is 24.3 Å². The molecule has 7 nitrogen and oxygen atoms in total. The van der Waals surface area contributed by atoms with Gasteiger partial charge in [0.25, 0.3) is 15.9 Å². The van der Waals surface area contributed by atoms with Crippen LogP contribution in [0, 0.1) is 11.6 Å². The zero-order chi connectivity index (χ0) is 24.3. The summed E-state index contributed by atoms with van der Waals surface area (Å²) in [5.74, 6) is -2.56. The van der Waals surface area contributed by atoms with Crippen LogP contribution >= 0.6 is 0 Å². The molecule has 0 atom stereocenters. The predicted octanol–water partition coefficient (Wildman–Crippen LogP) is 4.63. The number of carbonyl (C=O) groups is 1. The number of hydrogen-bond donors (Lipinski definition) is 2. The molecule has 0 radical (unpaired) electrons. The van der Waals surface area contributed by atoms with Gasteiger partial charge < -0.3 is 15.0 Å². The third-order valence-corrected chi connectivity index (χ3v) is 6.88. The minimum Gasteiger partial charge on any atom is -0.495 e. The first-order chi connectivity index (χ1) is 16.3. The SMILES string of the molecule is COc1ccccc1NS(=O)(=O)c1cc(NC(=O)c2ccc(F)c(F)c2)ccc1N1CCCC1. The van der Waals surface area contributed by atoms with Crippen molar-refractivity contribution in [1.29, 1.82) is 0 Å². The van der Waals surface area contributed by atoms with Crippen LogP contribution in [-0.4, -0.2) is 34.5 Å². The van der Waals surface area contributed by atoms with Crippen molar-refractivity contribution in [3.8, 4) is 5.75 Å². The molecule has 1 aliphatic rings. The lowest BCUT2D eigenvalue weighted by Gasteiger charge is -2.23. The van der Waals surface area contributed by atoms with E-state index in [9.17, 15) is 22.0 Å². The van der Waals surface area contributed by atoms with Gasteiger partial charge in [-0.2, -0.15) is 0 Å². The van der Waals surface area contributed by atoms with Crippen LogP contribution in [0.2, 0.25) is 0 Å². The second kappa shape index (κ2) is 9.68. The number of halogens is 2. The van der Waals surface area contributed by atoms with Gasteiger partial charge in [0.05, 0.1) is 18.5 Å². The van der Waals surface area contributed by atoms with Crippen LogP contribution in [0.15, 0.2) is 65.6 Å². The molecule has 0 unspecified atom stereocenters. The van der Waals surface area contributed by atoms with E-state index in [1.807, 2.05) is 4.90 Å². The molecule has 1 amide bonds. The fourth-order valence-electron chi connectivity index (χ4n) is 3.80. The van der Waals surface area contributed by atoms with Gasteiger partial charge in [-0.15, -0.1) is 0 Å². The van der Waals surface area contributed by atoms with E-state index < -0.39 is 27.6 Å². The Kier molecular flexibility index (Phi) is 6.69. The highest BCUT2D eigenvalue weighted by Gasteiger charge is 2.26. The number of rotatable bonds is 7. The Hall–Kier alpha value is -3.66. The van der Waals surface area contributed by atoms with Crippen molar-refractivity contribution >= 4 is 33.0 Å². The van der Waals surface area contributed by atoms with Crippen LogP contribution in [0.3, 0.4) is 0 Å². The molecule has 1 aliphatic heterocycles. The zero-order valence-electron chi connectivity index (χ0n) is 18.3. The van der Waals surface area contributed by atoms with Gasteiger partial charge in [0.15, 0.2) is 11.6 Å². The number of benzene rings is 3. The molecule has 10 heteroatoms. The number of methoxy groups -OCH3 is 1. The number of carbonyl (C=O) groups excluding carboxylic acids is 1. The average molecular weight is 488 g/mol. The van der Waals surface area contributed by atoms with E-state index in [4.69, 9.17) is 4.74 Å². The standard InChI is InChI=1S/C24H23F2N3O4S/c1-33-22-7-3-2-6-20(22)28-34(31,32)23-15-17(9-11-21(23)29-12-4-5-13-29)27-24(30)16-8-10-18(25)19(26)14-16/h2-3,6-11,14-15,28H,4-5,12-13H2,1H3,(H,27,30). The van der Waals surface area contributed by atoms with Crippen molar-refractivity contribution in [2.75, 3.05) is 35.1 Å². The lowest BCUT2D eigenvalue weighted by molar-refractivity contribution is 0.102. The first kappa shape index (κ1) is 23.5. The quantitative estimate of drug-likeness (QED) is 0.508. The largest absolute Gasteiger partial charge is 0.495 e. The number of sulfonamides is 1. The van der Waals surface area contributed by atoms with E-state index in [0.29, 0.717) is 24.5 Å². The van der Waals surface area contributed by atoms with E-state index in [1.165, 1.54) is 13.2 Å². The van der Waals surface area contributed by atoms with E-state index in [-0.39, 0.29) is 21.8 Å². The van der Waals surface area contributed by atoms with Crippen molar-refractivity contribution in [2.24, 2.45) is 0 Å². The number of para-hydroxylation sites is 2. The average Bonchev–Trinajstić information content (AvgIpc) is 3.36. The normalized spacial score (nSPS) is 13.6.